The Kier molecular flexibility index (Phi) is 6.94. The molecule has 0 fully saturated rings. The van der Waals surface area contributed by atoms with Gasteiger partial charge in [-0.1, -0.05) is 41.4 Å². The number of thioether (sulfide) groups is 1. The van der Waals surface area contributed by atoms with Crippen LogP contribution in [0.3, 0.4) is 0 Å². The Balaban J connectivity index is 2.08. The van der Waals surface area contributed by atoms with Crippen LogP contribution in [-0.2, 0) is 0 Å². The van der Waals surface area contributed by atoms with Gasteiger partial charge in [-0.05, 0) is 12.1 Å². The van der Waals surface area contributed by atoms with Gasteiger partial charge in [-0.2, -0.15) is 0 Å². The Morgan fingerprint density at radius 1 is 1.33 bits per heavy atom. The van der Waals surface area contributed by atoms with E-state index in [-0.39, 0.29) is 0 Å². The van der Waals surface area contributed by atoms with E-state index in [0.29, 0.717) is 11.6 Å². The first-order valence-corrected chi connectivity index (χ1v) is 6.46. The Hall–Kier alpha value is -0.150. The van der Waals surface area contributed by atoms with Gasteiger partial charge in [-0.3, -0.25) is 0 Å². The maximum atomic E-state index is 5.72. The second-order valence-electron chi connectivity index (χ2n) is 2.89. The zero-order valence-electron chi connectivity index (χ0n) is 8.25. The molecule has 82 valence electrons. The van der Waals surface area contributed by atoms with E-state index >= 15 is 0 Å². The number of hydrogen-bond donors (Lipinski definition) is 1. The average Bonchev–Trinajstić information content (AvgIpc) is 2.29. The van der Waals surface area contributed by atoms with E-state index < -0.39 is 0 Å². The van der Waals surface area contributed by atoms with Crippen molar-refractivity contribution in [3.05, 3.63) is 40.9 Å². The molecule has 0 aliphatic carbocycles. The summed E-state index contributed by atoms with van der Waals surface area (Å²) >= 11 is 13.0. The highest BCUT2D eigenvalue weighted by atomic mass is 35.5. The lowest BCUT2D eigenvalue weighted by molar-refractivity contribution is 0.800. The van der Waals surface area contributed by atoms with E-state index in [0.717, 1.165) is 12.3 Å². The molecule has 1 N–H and O–H groups in total. The standard InChI is InChI=1S/C11H13Cl2NS/c12-8-10(13)9-14-6-7-15-11-4-2-1-3-5-11/h1-5,8,14H,6-7,9H2. The van der Waals surface area contributed by atoms with Crippen LogP contribution in [0.2, 0.25) is 0 Å². The maximum absolute atomic E-state index is 5.72. The Morgan fingerprint density at radius 2 is 2.07 bits per heavy atom. The second kappa shape index (κ2) is 8.05. The minimum atomic E-state index is 0.639. The van der Waals surface area contributed by atoms with Gasteiger partial charge < -0.3 is 5.32 Å². The molecule has 1 nitrogen and oxygen atoms in total. The molecule has 0 aromatic heterocycles. The van der Waals surface area contributed by atoms with Gasteiger partial charge in [0.2, 0.25) is 0 Å². The average molecular weight is 262 g/mol. The molecule has 0 heterocycles. The van der Waals surface area contributed by atoms with Crippen molar-refractivity contribution in [3.63, 3.8) is 0 Å². The molecule has 0 bridgehead atoms. The predicted octanol–water partition coefficient (Wildman–Crippen LogP) is 3.69. The van der Waals surface area contributed by atoms with Crippen molar-refractivity contribution >= 4 is 35.0 Å². The third kappa shape index (κ3) is 6.10. The van der Waals surface area contributed by atoms with Gasteiger partial charge >= 0.3 is 0 Å². The Labute approximate surface area is 105 Å². The van der Waals surface area contributed by atoms with Crippen molar-refractivity contribution in [2.24, 2.45) is 0 Å². The summed E-state index contributed by atoms with van der Waals surface area (Å²) in [6.07, 6.45) is 0. The van der Waals surface area contributed by atoms with Crippen molar-refractivity contribution in [1.29, 1.82) is 0 Å². The van der Waals surface area contributed by atoms with Crippen molar-refractivity contribution in [2.75, 3.05) is 18.8 Å². The van der Waals surface area contributed by atoms with Crippen LogP contribution in [0, 0.1) is 0 Å². The molecule has 4 heteroatoms. The van der Waals surface area contributed by atoms with Gasteiger partial charge in [0.05, 0.1) is 0 Å². The van der Waals surface area contributed by atoms with E-state index in [1.807, 2.05) is 30.0 Å². The first kappa shape index (κ1) is 12.9. The lowest BCUT2D eigenvalue weighted by Gasteiger charge is -2.03. The normalized spacial score (nSPS) is 11.7. The molecule has 0 amide bonds. The van der Waals surface area contributed by atoms with Crippen LogP contribution in [0.5, 0.6) is 0 Å². The SMILES string of the molecule is ClC=C(Cl)CNCCSc1ccccc1. The van der Waals surface area contributed by atoms with E-state index in [4.69, 9.17) is 23.2 Å². The molecule has 15 heavy (non-hydrogen) atoms. The van der Waals surface area contributed by atoms with Crippen LogP contribution >= 0.6 is 35.0 Å². The van der Waals surface area contributed by atoms with Gasteiger partial charge in [-0.25, -0.2) is 0 Å². The van der Waals surface area contributed by atoms with Crippen molar-refractivity contribution in [1.82, 2.24) is 5.32 Å². The third-order valence-corrected chi connectivity index (χ3v) is 3.33. The molecule has 0 saturated heterocycles. The Bertz CT molecular complexity index is 301. The summed E-state index contributed by atoms with van der Waals surface area (Å²) in [7, 11) is 0. The molecular weight excluding hydrogens is 249 g/mol. The van der Waals surface area contributed by atoms with Gasteiger partial charge in [0.15, 0.2) is 0 Å². The molecule has 0 saturated carbocycles. The Morgan fingerprint density at radius 3 is 2.73 bits per heavy atom. The summed E-state index contributed by atoms with van der Waals surface area (Å²) in [5.41, 5.74) is 1.39. The minimum Gasteiger partial charge on any atom is -0.311 e. The highest BCUT2D eigenvalue weighted by Gasteiger charge is 1.93. The summed E-state index contributed by atoms with van der Waals surface area (Å²) in [6.45, 7) is 1.56. The number of nitrogens with one attached hydrogen (secondary N) is 1. The highest BCUT2D eigenvalue weighted by Crippen LogP contribution is 2.15. The van der Waals surface area contributed by atoms with Crippen molar-refractivity contribution in [3.8, 4) is 0 Å². The fraction of sp³-hybridized carbons (Fsp3) is 0.273. The van der Waals surface area contributed by atoms with Crippen LogP contribution < -0.4 is 5.32 Å². The van der Waals surface area contributed by atoms with Gasteiger partial charge in [0, 0.05) is 34.3 Å². The van der Waals surface area contributed by atoms with Crippen molar-refractivity contribution < 1.29 is 0 Å². The lowest BCUT2D eigenvalue weighted by atomic mass is 10.4. The van der Waals surface area contributed by atoms with E-state index in [1.165, 1.54) is 10.4 Å². The molecule has 0 unspecified atom stereocenters. The molecule has 1 rings (SSSR count). The minimum absolute atomic E-state index is 0.639. The van der Waals surface area contributed by atoms with E-state index in [1.54, 1.807) is 0 Å². The summed E-state index contributed by atoms with van der Waals surface area (Å²) in [6, 6.07) is 10.3. The molecule has 0 atom stereocenters. The largest absolute Gasteiger partial charge is 0.311 e. The first-order chi connectivity index (χ1) is 7.33. The predicted molar refractivity (Wildman–Crippen MR) is 69.8 cm³/mol. The van der Waals surface area contributed by atoms with Gasteiger partial charge in [0.1, 0.15) is 0 Å². The summed E-state index contributed by atoms with van der Waals surface area (Å²) in [5.74, 6) is 1.02. The zero-order chi connectivity index (χ0) is 10.9. The van der Waals surface area contributed by atoms with Crippen LogP contribution in [0.15, 0.2) is 45.8 Å². The monoisotopic (exact) mass is 261 g/mol. The molecular formula is C11H13Cl2NS. The summed E-state index contributed by atoms with van der Waals surface area (Å²) in [5, 5.41) is 3.84. The number of hydrogen-bond acceptors (Lipinski definition) is 2. The molecule has 0 aliphatic rings. The van der Waals surface area contributed by atoms with E-state index in [9.17, 15) is 0 Å². The number of rotatable bonds is 6. The summed E-state index contributed by atoms with van der Waals surface area (Å²) in [4.78, 5) is 1.29. The fourth-order valence-corrected chi connectivity index (χ4v) is 2.01. The molecule has 0 spiro atoms. The lowest BCUT2D eigenvalue weighted by Crippen LogP contribution is -2.18. The molecule has 0 radical (unpaired) electrons. The molecule has 0 aliphatic heterocycles. The van der Waals surface area contributed by atoms with Crippen LogP contribution in [-0.4, -0.2) is 18.8 Å². The smallest absolute Gasteiger partial charge is 0.0431 e. The molecule has 1 aromatic carbocycles. The van der Waals surface area contributed by atoms with Crippen LogP contribution in [0.25, 0.3) is 0 Å². The topological polar surface area (TPSA) is 12.0 Å². The zero-order valence-corrected chi connectivity index (χ0v) is 10.6. The van der Waals surface area contributed by atoms with Crippen LogP contribution in [0.4, 0.5) is 0 Å². The van der Waals surface area contributed by atoms with Crippen LogP contribution in [0.1, 0.15) is 0 Å². The first-order valence-electron chi connectivity index (χ1n) is 4.66. The summed E-state index contributed by atoms with van der Waals surface area (Å²) < 4.78 is 0. The quantitative estimate of drug-likeness (QED) is 0.620. The number of benzene rings is 1. The third-order valence-electron chi connectivity index (χ3n) is 1.70. The van der Waals surface area contributed by atoms with E-state index in [2.05, 4.69) is 17.4 Å². The fourth-order valence-electron chi connectivity index (χ4n) is 1.00. The second-order valence-corrected chi connectivity index (χ2v) is 4.77. The van der Waals surface area contributed by atoms with Gasteiger partial charge in [0.25, 0.3) is 0 Å². The maximum Gasteiger partial charge on any atom is 0.0431 e. The highest BCUT2D eigenvalue weighted by molar-refractivity contribution is 7.99. The molecule has 1 aromatic rings. The van der Waals surface area contributed by atoms with Crippen molar-refractivity contribution in [2.45, 2.75) is 4.90 Å². The van der Waals surface area contributed by atoms with Gasteiger partial charge in [-0.15, -0.1) is 11.8 Å². The number of halogens is 2.